The summed E-state index contributed by atoms with van der Waals surface area (Å²) >= 11 is 0. The van der Waals surface area contributed by atoms with Crippen molar-refractivity contribution in [3.05, 3.63) is 53.6 Å². The molecule has 0 radical (unpaired) electrons. The number of benzene rings is 2. The van der Waals surface area contributed by atoms with Gasteiger partial charge in [-0.3, -0.25) is 4.79 Å². The number of halogens is 2. The number of aryl methyl sites for hydroxylation is 1. The van der Waals surface area contributed by atoms with Gasteiger partial charge in [0.25, 0.3) is 0 Å². The van der Waals surface area contributed by atoms with Gasteiger partial charge in [-0.15, -0.1) is 0 Å². The van der Waals surface area contributed by atoms with Crippen LogP contribution in [0.2, 0.25) is 0 Å². The Hall–Kier alpha value is -2.83. The molecule has 0 fully saturated rings. The fourth-order valence-electron chi connectivity index (χ4n) is 2.42. The van der Waals surface area contributed by atoms with Crippen molar-refractivity contribution in [2.24, 2.45) is 0 Å². The fourth-order valence-corrected chi connectivity index (χ4v) is 2.42. The second-order valence-electron chi connectivity index (χ2n) is 5.54. The SMILES string of the molecule is CCOc1cc(CNc2cccc(CCC(=O)O)c2)ccc1OC(F)F. The van der Waals surface area contributed by atoms with Crippen molar-refractivity contribution >= 4 is 11.7 Å². The summed E-state index contributed by atoms with van der Waals surface area (Å²) in [5, 5.41) is 12.0. The molecule has 0 aliphatic heterocycles. The van der Waals surface area contributed by atoms with Crippen LogP contribution in [0.4, 0.5) is 14.5 Å². The van der Waals surface area contributed by atoms with Gasteiger partial charge < -0.3 is 19.9 Å². The Kier molecular flexibility index (Phi) is 7.20. The maximum Gasteiger partial charge on any atom is 0.387 e. The van der Waals surface area contributed by atoms with Crippen molar-refractivity contribution in [3.8, 4) is 11.5 Å². The molecule has 2 rings (SSSR count). The van der Waals surface area contributed by atoms with Crippen LogP contribution >= 0.6 is 0 Å². The molecule has 0 bridgehead atoms. The van der Waals surface area contributed by atoms with Crippen molar-refractivity contribution in [2.75, 3.05) is 11.9 Å². The summed E-state index contributed by atoms with van der Waals surface area (Å²) in [5.41, 5.74) is 2.61. The van der Waals surface area contributed by atoms with Crippen molar-refractivity contribution in [2.45, 2.75) is 32.9 Å². The maximum atomic E-state index is 12.4. The number of aliphatic carboxylic acids is 1. The van der Waals surface area contributed by atoms with Crippen LogP contribution in [-0.4, -0.2) is 24.3 Å². The lowest BCUT2D eigenvalue weighted by atomic mass is 10.1. The summed E-state index contributed by atoms with van der Waals surface area (Å²) in [5.74, 6) is -0.568. The third-order valence-electron chi connectivity index (χ3n) is 3.58. The average Bonchev–Trinajstić information content (AvgIpc) is 2.60. The number of rotatable bonds is 10. The number of carboxylic acids is 1. The largest absolute Gasteiger partial charge is 0.490 e. The van der Waals surface area contributed by atoms with Crippen LogP contribution in [0, 0.1) is 0 Å². The third-order valence-corrected chi connectivity index (χ3v) is 3.58. The molecule has 2 N–H and O–H groups in total. The van der Waals surface area contributed by atoms with Gasteiger partial charge in [0.1, 0.15) is 0 Å². The normalized spacial score (nSPS) is 10.6. The molecule has 0 saturated carbocycles. The van der Waals surface area contributed by atoms with Gasteiger partial charge in [0, 0.05) is 18.7 Å². The number of anilines is 1. The van der Waals surface area contributed by atoms with Gasteiger partial charge in [-0.25, -0.2) is 0 Å². The molecule has 0 heterocycles. The number of ether oxygens (including phenoxy) is 2. The van der Waals surface area contributed by atoms with Gasteiger partial charge in [0.15, 0.2) is 11.5 Å². The highest BCUT2D eigenvalue weighted by molar-refractivity contribution is 5.67. The molecular formula is C19H21F2NO4. The van der Waals surface area contributed by atoms with Gasteiger partial charge in [-0.2, -0.15) is 8.78 Å². The molecule has 0 aliphatic rings. The summed E-state index contributed by atoms with van der Waals surface area (Å²) in [6.45, 7) is -0.356. The van der Waals surface area contributed by atoms with E-state index in [9.17, 15) is 13.6 Å². The van der Waals surface area contributed by atoms with E-state index in [0.717, 1.165) is 16.8 Å². The summed E-state index contributed by atoms with van der Waals surface area (Å²) in [4.78, 5) is 10.7. The van der Waals surface area contributed by atoms with Crippen molar-refractivity contribution in [3.63, 3.8) is 0 Å². The molecule has 0 spiro atoms. The molecule has 2 aromatic rings. The van der Waals surface area contributed by atoms with Crippen LogP contribution < -0.4 is 14.8 Å². The van der Waals surface area contributed by atoms with E-state index in [-0.39, 0.29) is 17.9 Å². The Labute approximate surface area is 150 Å². The Bertz CT molecular complexity index is 737. The van der Waals surface area contributed by atoms with E-state index in [2.05, 4.69) is 10.1 Å². The lowest BCUT2D eigenvalue weighted by Crippen LogP contribution is -2.06. The van der Waals surface area contributed by atoms with Crippen molar-refractivity contribution < 1.29 is 28.2 Å². The minimum Gasteiger partial charge on any atom is -0.490 e. The molecule has 26 heavy (non-hydrogen) atoms. The zero-order valence-electron chi connectivity index (χ0n) is 14.4. The number of hydrogen-bond acceptors (Lipinski definition) is 4. The fraction of sp³-hybridized carbons (Fsp3) is 0.316. The highest BCUT2D eigenvalue weighted by Crippen LogP contribution is 2.30. The van der Waals surface area contributed by atoms with E-state index < -0.39 is 12.6 Å². The van der Waals surface area contributed by atoms with E-state index in [1.165, 1.54) is 6.07 Å². The third kappa shape index (κ3) is 6.23. The van der Waals surface area contributed by atoms with Gasteiger partial charge >= 0.3 is 12.6 Å². The molecule has 0 aromatic heterocycles. The number of alkyl halides is 2. The second-order valence-corrected chi connectivity index (χ2v) is 5.54. The van der Waals surface area contributed by atoms with Crippen molar-refractivity contribution in [1.29, 1.82) is 0 Å². The molecule has 7 heteroatoms. The van der Waals surface area contributed by atoms with Gasteiger partial charge in [-0.05, 0) is 48.7 Å². The zero-order chi connectivity index (χ0) is 18.9. The summed E-state index contributed by atoms with van der Waals surface area (Å²) < 4.78 is 34.7. The molecule has 0 aliphatic carbocycles. The van der Waals surface area contributed by atoms with Gasteiger partial charge in [0.05, 0.1) is 6.61 Å². The summed E-state index contributed by atoms with van der Waals surface area (Å²) in [6.07, 6.45) is 0.534. The lowest BCUT2D eigenvalue weighted by molar-refractivity contribution is -0.136. The standard InChI is InChI=1S/C19H21F2NO4/c1-2-25-17-11-14(6-8-16(17)26-19(20)21)12-22-15-5-3-4-13(10-15)7-9-18(23)24/h3-6,8,10-11,19,22H,2,7,9,12H2,1H3,(H,23,24). The van der Waals surface area contributed by atoms with Crippen LogP contribution in [0.5, 0.6) is 11.5 Å². The molecule has 2 aromatic carbocycles. The van der Waals surface area contributed by atoms with Gasteiger partial charge in [-0.1, -0.05) is 18.2 Å². The van der Waals surface area contributed by atoms with Crippen LogP contribution in [0.25, 0.3) is 0 Å². The van der Waals surface area contributed by atoms with E-state index in [1.54, 1.807) is 19.1 Å². The highest BCUT2D eigenvalue weighted by atomic mass is 19.3. The monoisotopic (exact) mass is 365 g/mol. The van der Waals surface area contributed by atoms with Crippen LogP contribution in [0.3, 0.4) is 0 Å². The number of nitrogens with one attached hydrogen (secondary N) is 1. The van der Waals surface area contributed by atoms with E-state index in [0.29, 0.717) is 19.6 Å². The predicted octanol–water partition coefficient (Wildman–Crippen LogP) is 4.32. The van der Waals surface area contributed by atoms with E-state index >= 15 is 0 Å². The highest BCUT2D eigenvalue weighted by Gasteiger charge is 2.11. The molecule has 0 amide bonds. The first-order valence-corrected chi connectivity index (χ1v) is 8.23. The first kappa shape index (κ1) is 19.5. The first-order chi connectivity index (χ1) is 12.5. The average molecular weight is 365 g/mol. The Balaban J connectivity index is 2.03. The number of carbonyl (C=O) groups is 1. The van der Waals surface area contributed by atoms with E-state index in [1.807, 2.05) is 24.3 Å². The second kappa shape index (κ2) is 9.60. The van der Waals surface area contributed by atoms with Crippen LogP contribution in [0.15, 0.2) is 42.5 Å². The molecule has 0 unspecified atom stereocenters. The molecular weight excluding hydrogens is 344 g/mol. The van der Waals surface area contributed by atoms with Crippen LogP contribution in [-0.2, 0) is 17.8 Å². The predicted molar refractivity (Wildman–Crippen MR) is 94.0 cm³/mol. The lowest BCUT2D eigenvalue weighted by Gasteiger charge is -2.14. The Morgan fingerprint density at radius 3 is 2.65 bits per heavy atom. The Morgan fingerprint density at radius 1 is 1.15 bits per heavy atom. The minimum atomic E-state index is -2.91. The number of hydrogen-bond donors (Lipinski definition) is 2. The first-order valence-electron chi connectivity index (χ1n) is 8.23. The topological polar surface area (TPSA) is 67.8 Å². The molecule has 0 saturated heterocycles. The van der Waals surface area contributed by atoms with E-state index in [4.69, 9.17) is 9.84 Å². The van der Waals surface area contributed by atoms with Crippen LogP contribution in [0.1, 0.15) is 24.5 Å². The van der Waals surface area contributed by atoms with Gasteiger partial charge in [0.2, 0.25) is 0 Å². The minimum absolute atomic E-state index is 0.00117. The number of carboxylic acid groups (broad SMARTS) is 1. The zero-order valence-corrected chi connectivity index (χ0v) is 14.4. The van der Waals surface area contributed by atoms with Crippen molar-refractivity contribution in [1.82, 2.24) is 0 Å². The molecule has 0 atom stereocenters. The quantitative estimate of drug-likeness (QED) is 0.656. The summed E-state index contributed by atoms with van der Waals surface area (Å²) in [7, 11) is 0. The Morgan fingerprint density at radius 2 is 1.96 bits per heavy atom. The summed E-state index contributed by atoms with van der Waals surface area (Å²) in [6, 6.07) is 12.3. The smallest absolute Gasteiger partial charge is 0.387 e. The molecule has 5 nitrogen and oxygen atoms in total. The molecule has 140 valence electrons. The maximum absolute atomic E-state index is 12.4.